The van der Waals surface area contributed by atoms with Crippen LogP contribution in [0.2, 0.25) is 0 Å². The first-order valence-electron chi connectivity index (χ1n) is 12.7. The van der Waals surface area contributed by atoms with Crippen LogP contribution >= 0.6 is 15.9 Å². The highest BCUT2D eigenvalue weighted by atomic mass is 79.9. The molecule has 1 aliphatic heterocycles. The lowest BCUT2D eigenvalue weighted by Crippen LogP contribution is -2.31. The number of rotatable bonds is 7. The van der Waals surface area contributed by atoms with Gasteiger partial charge in [-0.05, 0) is 86.8 Å². The van der Waals surface area contributed by atoms with E-state index in [2.05, 4.69) is 34.7 Å². The van der Waals surface area contributed by atoms with Gasteiger partial charge in [0.05, 0.1) is 11.6 Å². The van der Waals surface area contributed by atoms with Gasteiger partial charge in [-0.15, -0.1) is 0 Å². The smallest absolute Gasteiger partial charge is 0.294 e. The first kappa shape index (κ1) is 25.8. The van der Waals surface area contributed by atoms with Gasteiger partial charge in [0, 0.05) is 34.3 Å². The SMILES string of the molecule is CCN(CC)c1ccc(C2C(C(=O)c3cc4cc(Br)ccc4o3)=C(O)C(=O)N2c2cc(C)ccc2C)cc1. The monoisotopic (exact) mass is 572 g/mol. The third-order valence-electron chi connectivity index (χ3n) is 7.12. The van der Waals surface area contributed by atoms with Crippen molar-refractivity contribution in [2.24, 2.45) is 0 Å². The number of furan rings is 1. The van der Waals surface area contributed by atoms with Crippen LogP contribution in [0.1, 0.15) is 47.1 Å². The molecule has 1 amide bonds. The number of nitrogens with zero attached hydrogens (tertiary/aromatic N) is 2. The predicted octanol–water partition coefficient (Wildman–Crippen LogP) is 7.44. The zero-order valence-corrected chi connectivity index (χ0v) is 23.4. The summed E-state index contributed by atoms with van der Waals surface area (Å²) < 4.78 is 6.73. The van der Waals surface area contributed by atoms with Gasteiger partial charge < -0.3 is 14.4 Å². The number of amides is 1. The molecule has 0 spiro atoms. The van der Waals surface area contributed by atoms with E-state index < -0.39 is 23.5 Å². The first-order chi connectivity index (χ1) is 18.2. The largest absolute Gasteiger partial charge is 0.503 e. The molecule has 38 heavy (non-hydrogen) atoms. The first-order valence-corrected chi connectivity index (χ1v) is 13.4. The lowest BCUT2D eigenvalue weighted by Gasteiger charge is -2.29. The van der Waals surface area contributed by atoms with Crippen molar-refractivity contribution < 1.29 is 19.1 Å². The van der Waals surface area contributed by atoms with Crippen molar-refractivity contribution in [2.75, 3.05) is 22.9 Å². The number of carbonyl (C=O) groups excluding carboxylic acids is 2. The van der Waals surface area contributed by atoms with Crippen molar-refractivity contribution in [3.8, 4) is 0 Å². The van der Waals surface area contributed by atoms with E-state index in [9.17, 15) is 14.7 Å². The van der Waals surface area contributed by atoms with Gasteiger partial charge in [0.15, 0.2) is 11.5 Å². The summed E-state index contributed by atoms with van der Waals surface area (Å²) in [6.07, 6.45) is 0. The summed E-state index contributed by atoms with van der Waals surface area (Å²) in [6, 6.07) is 19.9. The van der Waals surface area contributed by atoms with Crippen molar-refractivity contribution in [2.45, 2.75) is 33.7 Å². The third kappa shape index (κ3) is 4.41. The maximum atomic E-state index is 13.9. The van der Waals surface area contributed by atoms with Gasteiger partial charge in [-0.25, -0.2) is 0 Å². The molecule has 1 aromatic heterocycles. The molecule has 0 radical (unpaired) electrons. The molecule has 1 N–H and O–H groups in total. The maximum absolute atomic E-state index is 13.9. The van der Waals surface area contributed by atoms with Crippen LogP contribution in [0.4, 0.5) is 11.4 Å². The van der Waals surface area contributed by atoms with Gasteiger partial charge in [-0.1, -0.05) is 40.2 Å². The molecule has 1 unspecified atom stereocenters. The minimum atomic E-state index is -0.818. The standard InChI is InChI=1S/C31H29BrN2O4/c1-5-33(6-2)23-12-9-20(10-13-23)28-27(29(35)26-17-21-16-22(32)11-14-25(21)38-26)30(36)31(37)34(28)24-15-18(3)7-8-19(24)4/h7-17,28,36H,5-6H2,1-4H3. The Bertz CT molecular complexity index is 1580. The van der Waals surface area contributed by atoms with E-state index in [0.717, 1.165) is 45.3 Å². The molecule has 194 valence electrons. The molecule has 0 fully saturated rings. The van der Waals surface area contributed by atoms with Crippen molar-refractivity contribution in [3.63, 3.8) is 0 Å². The molecule has 2 heterocycles. The summed E-state index contributed by atoms with van der Waals surface area (Å²) in [5.41, 5.74) is 4.81. The van der Waals surface area contributed by atoms with Crippen LogP contribution in [0.25, 0.3) is 11.0 Å². The number of halogens is 1. The van der Waals surface area contributed by atoms with Crippen molar-refractivity contribution in [1.82, 2.24) is 0 Å². The minimum Gasteiger partial charge on any atom is -0.503 e. The highest BCUT2D eigenvalue weighted by molar-refractivity contribution is 9.10. The summed E-state index contributed by atoms with van der Waals surface area (Å²) in [6.45, 7) is 9.77. The van der Waals surface area contributed by atoms with Crippen LogP contribution in [-0.2, 0) is 4.79 Å². The highest BCUT2D eigenvalue weighted by Gasteiger charge is 2.45. The third-order valence-corrected chi connectivity index (χ3v) is 7.61. The van der Waals surface area contributed by atoms with Crippen molar-refractivity contribution >= 4 is 50.0 Å². The van der Waals surface area contributed by atoms with Crippen LogP contribution in [-0.4, -0.2) is 29.9 Å². The van der Waals surface area contributed by atoms with Gasteiger partial charge >= 0.3 is 0 Å². The Labute approximate surface area is 230 Å². The molecule has 1 atom stereocenters. The quantitative estimate of drug-likeness (QED) is 0.233. The number of aliphatic hydroxyl groups excluding tert-OH is 1. The number of anilines is 2. The second kappa shape index (κ2) is 10.1. The molecule has 7 heteroatoms. The van der Waals surface area contributed by atoms with Crippen molar-refractivity contribution in [1.29, 1.82) is 0 Å². The summed E-state index contributed by atoms with van der Waals surface area (Å²) in [7, 11) is 0. The summed E-state index contributed by atoms with van der Waals surface area (Å²) >= 11 is 3.44. The van der Waals surface area contributed by atoms with E-state index in [1.54, 1.807) is 12.1 Å². The molecular formula is C31H29BrN2O4. The summed E-state index contributed by atoms with van der Waals surface area (Å²) in [5, 5.41) is 11.9. The molecule has 4 aromatic rings. The molecule has 0 saturated heterocycles. The van der Waals surface area contributed by atoms with Gasteiger partial charge in [-0.3, -0.25) is 14.5 Å². The number of aliphatic hydroxyl groups is 1. The van der Waals surface area contributed by atoms with E-state index in [1.165, 1.54) is 4.90 Å². The number of benzene rings is 3. The van der Waals surface area contributed by atoms with E-state index in [1.807, 2.05) is 68.4 Å². The Hall–Kier alpha value is -3.84. The maximum Gasteiger partial charge on any atom is 0.294 e. The zero-order valence-electron chi connectivity index (χ0n) is 21.8. The molecule has 0 saturated carbocycles. The van der Waals surface area contributed by atoms with Crippen LogP contribution in [0.5, 0.6) is 0 Å². The normalized spacial score (nSPS) is 15.6. The molecule has 3 aromatic carbocycles. The fourth-order valence-electron chi connectivity index (χ4n) is 5.10. The second-order valence-corrected chi connectivity index (χ2v) is 10.4. The van der Waals surface area contributed by atoms with Gasteiger partial charge in [0.2, 0.25) is 5.78 Å². The van der Waals surface area contributed by atoms with E-state index >= 15 is 0 Å². The van der Waals surface area contributed by atoms with Crippen molar-refractivity contribution in [3.05, 3.63) is 105 Å². The van der Waals surface area contributed by atoms with Crippen LogP contribution in [0.15, 0.2) is 87.0 Å². The van der Waals surface area contributed by atoms with Crippen LogP contribution in [0.3, 0.4) is 0 Å². The van der Waals surface area contributed by atoms with E-state index in [4.69, 9.17) is 4.42 Å². The Morgan fingerprint density at radius 1 is 1.00 bits per heavy atom. The number of ketones is 1. The second-order valence-electron chi connectivity index (χ2n) is 9.52. The predicted molar refractivity (Wildman–Crippen MR) is 154 cm³/mol. The lowest BCUT2D eigenvalue weighted by molar-refractivity contribution is -0.117. The number of hydrogen-bond acceptors (Lipinski definition) is 5. The van der Waals surface area contributed by atoms with E-state index in [0.29, 0.717) is 11.3 Å². The van der Waals surface area contributed by atoms with E-state index in [-0.39, 0.29) is 11.3 Å². The van der Waals surface area contributed by atoms with Crippen LogP contribution in [0, 0.1) is 13.8 Å². The topological polar surface area (TPSA) is 74.0 Å². The molecule has 0 aliphatic carbocycles. The summed E-state index contributed by atoms with van der Waals surface area (Å²) in [4.78, 5) is 31.3. The number of Topliss-reactive ketones (excluding diaryl/α,β-unsaturated/α-hetero) is 1. The zero-order chi connectivity index (χ0) is 27.1. The number of carbonyl (C=O) groups is 2. The molecule has 0 bridgehead atoms. The number of aryl methyl sites for hydroxylation is 2. The Morgan fingerprint density at radius 3 is 2.39 bits per heavy atom. The van der Waals surface area contributed by atoms with Crippen LogP contribution < -0.4 is 9.80 Å². The fourth-order valence-corrected chi connectivity index (χ4v) is 5.47. The lowest BCUT2D eigenvalue weighted by atomic mass is 9.94. The van der Waals surface area contributed by atoms with Gasteiger partial charge in [0.25, 0.3) is 5.91 Å². The minimum absolute atomic E-state index is 0.00428. The highest BCUT2D eigenvalue weighted by Crippen LogP contribution is 2.44. The Morgan fingerprint density at radius 2 is 1.71 bits per heavy atom. The molecular weight excluding hydrogens is 544 g/mol. The molecule has 6 nitrogen and oxygen atoms in total. The summed E-state index contributed by atoms with van der Waals surface area (Å²) in [5.74, 6) is -1.62. The fraction of sp³-hybridized carbons (Fsp3) is 0.226. The number of hydrogen-bond donors (Lipinski definition) is 1. The van der Waals surface area contributed by atoms with Gasteiger partial charge in [-0.2, -0.15) is 0 Å². The average Bonchev–Trinajstić information content (AvgIpc) is 3.44. The molecule has 1 aliphatic rings. The van der Waals surface area contributed by atoms with Gasteiger partial charge in [0.1, 0.15) is 5.58 Å². The molecule has 5 rings (SSSR count). The Kier molecular flexibility index (Phi) is 6.88. The Balaban J connectivity index is 1.66. The average molecular weight is 573 g/mol. The number of fused-ring (bicyclic) bond motifs is 1.